The summed E-state index contributed by atoms with van der Waals surface area (Å²) < 4.78 is 68.5. The molecule has 0 rings (SSSR count). The number of unbranched alkanes of at least 4 members (excludes halogenated alkanes) is 47. The summed E-state index contributed by atoms with van der Waals surface area (Å²) in [5, 5.41) is 10.6. The zero-order valence-electron chi connectivity index (χ0n) is 61.8. The Bertz CT molecular complexity index is 1920. The molecule has 0 fully saturated rings. The molecule has 0 saturated heterocycles. The smallest absolute Gasteiger partial charge is 0.462 e. The zero-order chi connectivity index (χ0) is 70.4. The Morgan fingerprint density at radius 1 is 0.292 bits per heavy atom. The van der Waals surface area contributed by atoms with Crippen LogP contribution >= 0.6 is 15.6 Å². The molecule has 0 aliphatic rings. The van der Waals surface area contributed by atoms with Crippen molar-refractivity contribution in [3.8, 4) is 0 Å². The molecule has 0 aromatic carbocycles. The molecule has 0 aliphatic heterocycles. The van der Waals surface area contributed by atoms with E-state index in [2.05, 4.69) is 52.0 Å². The summed E-state index contributed by atoms with van der Waals surface area (Å²) in [6.45, 7) is 4.93. The van der Waals surface area contributed by atoms with Crippen molar-refractivity contribution in [1.29, 1.82) is 0 Å². The fraction of sp³-hybridized carbons (Fsp3) is 0.896. The number of carbonyl (C=O) groups excluding carboxylic acids is 4. The predicted molar refractivity (Wildman–Crippen MR) is 391 cm³/mol. The van der Waals surface area contributed by atoms with Crippen LogP contribution in [0.5, 0.6) is 0 Å². The second-order valence-electron chi connectivity index (χ2n) is 27.1. The summed E-state index contributed by atoms with van der Waals surface area (Å²) in [4.78, 5) is 72.8. The molecule has 0 bridgehead atoms. The number of hydrogen-bond donors (Lipinski definition) is 3. The summed E-state index contributed by atoms with van der Waals surface area (Å²) in [6.07, 6.45) is 64.4. The SMILES string of the molecule is CCCCCC/C=C\C=C/CCCCCCCC(=O)OC[C@H](COP(=O)(O)OC[C@@H](O)COP(=O)(O)OC[C@@H](COC(=O)CCCCCCCCCCCCC)OC(=O)CCCCCCCCCCCCCCC)OC(=O)CCCCCCCCCCCCCCCCCCC. The lowest BCUT2D eigenvalue weighted by atomic mass is 10.0. The van der Waals surface area contributed by atoms with E-state index in [1.54, 1.807) is 0 Å². The van der Waals surface area contributed by atoms with Gasteiger partial charge in [-0.3, -0.25) is 37.3 Å². The summed E-state index contributed by atoms with van der Waals surface area (Å²) in [7, 11) is -9.92. The van der Waals surface area contributed by atoms with E-state index in [1.807, 2.05) is 0 Å². The first kappa shape index (κ1) is 93.5. The molecular formula is C77H146O17P2. The van der Waals surface area contributed by atoms with Crippen molar-refractivity contribution in [3.63, 3.8) is 0 Å². The minimum Gasteiger partial charge on any atom is -0.462 e. The zero-order valence-corrected chi connectivity index (χ0v) is 63.6. The lowest BCUT2D eigenvalue weighted by molar-refractivity contribution is -0.161. The maximum absolute atomic E-state index is 13.1. The average Bonchev–Trinajstić information content (AvgIpc) is 1.06. The highest BCUT2D eigenvalue weighted by Gasteiger charge is 2.30. The minimum absolute atomic E-state index is 0.102. The van der Waals surface area contributed by atoms with Gasteiger partial charge in [0.15, 0.2) is 12.2 Å². The Morgan fingerprint density at radius 3 is 0.760 bits per heavy atom. The number of esters is 4. The Kier molecular flexibility index (Phi) is 69.1. The third kappa shape index (κ3) is 70.0. The van der Waals surface area contributed by atoms with Crippen LogP contribution in [-0.2, 0) is 65.4 Å². The van der Waals surface area contributed by atoms with E-state index in [-0.39, 0.29) is 25.7 Å². The van der Waals surface area contributed by atoms with Crippen LogP contribution in [0.2, 0.25) is 0 Å². The summed E-state index contributed by atoms with van der Waals surface area (Å²) in [5.74, 6) is -2.14. The normalized spacial score (nSPS) is 14.0. The highest BCUT2D eigenvalue weighted by molar-refractivity contribution is 7.47. The molecule has 566 valence electrons. The number of carbonyl (C=O) groups is 4. The van der Waals surface area contributed by atoms with E-state index in [0.29, 0.717) is 25.7 Å². The molecule has 0 saturated carbocycles. The van der Waals surface area contributed by atoms with Gasteiger partial charge < -0.3 is 33.8 Å². The van der Waals surface area contributed by atoms with Crippen molar-refractivity contribution < 1.29 is 80.2 Å². The maximum atomic E-state index is 13.1. The van der Waals surface area contributed by atoms with Crippen LogP contribution < -0.4 is 0 Å². The van der Waals surface area contributed by atoms with Crippen molar-refractivity contribution in [2.24, 2.45) is 0 Å². The van der Waals surface area contributed by atoms with Gasteiger partial charge in [-0.15, -0.1) is 0 Å². The number of phosphoric ester groups is 2. The maximum Gasteiger partial charge on any atom is 0.472 e. The Labute approximate surface area is 586 Å². The van der Waals surface area contributed by atoms with Gasteiger partial charge in [0.05, 0.1) is 26.4 Å². The van der Waals surface area contributed by atoms with E-state index < -0.39 is 97.5 Å². The van der Waals surface area contributed by atoms with Crippen molar-refractivity contribution >= 4 is 39.5 Å². The average molecular weight is 1410 g/mol. The van der Waals surface area contributed by atoms with Crippen molar-refractivity contribution in [3.05, 3.63) is 24.3 Å². The van der Waals surface area contributed by atoms with Gasteiger partial charge in [-0.25, -0.2) is 9.13 Å². The Morgan fingerprint density at radius 2 is 0.500 bits per heavy atom. The lowest BCUT2D eigenvalue weighted by Gasteiger charge is -2.21. The van der Waals surface area contributed by atoms with Gasteiger partial charge in [-0.05, 0) is 51.4 Å². The molecule has 96 heavy (non-hydrogen) atoms. The number of hydrogen-bond acceptors (Lipinski definition) is 15. The molecule has 0 amide bonds. The molecule has 0 aromatic rings. The first-order valence-electron chi connectivity index (χ1n) is 39.6. The number of ether oxygens (including phenoxy) is 4. The highest BCUT2D eigenvalue weighted by atomic mass is 31.2. The summed E-state index contributed by atoms with van der Waals surface area (Å²) in [6, 6.07) is 0. The predicted octanol–water partition coefficient (Wildman–Crippen LogP) is 22.6. The van der Waals surface area contributed by atoms with Crippen molar-refractivity contribution in [2.75, 3.05) is 39.6 Å². The number of rotatable bonds is 76. The van der Waals surface area contributed by atoms with Gasteiger partial charge in [-0.1, -0.05) is 335 Å². The summed E-state index contributed by atoms with van der Waals surface area (Å²) in [5.41, 5.74) is 0. The molecule has 0 radical (unpaired) electrons. The standard InChI is InChI=1S/C77H146O17P2/c1-5-9-13-17-21-25-29-32-34-35-37-40-44-48-52-56-60-64-77(82)94-73(68-88-75(80)62-58-54-50-46-42-39-36-33-30-26-22-18-14-10-6-2)70-92-96(85,86)90-66-71(78)65-89-95(83,84)91-69-72(67-87-74(79)61-57-53-49-45-41-28-24-20-16-12-8-4)93-76(81)63-59-55-51-47-43-38-31-27-23-19-15-11-7-3/h26,30,33,36,71-73,78H,5-25,27-29,31-32,34-35,37-70H2,1-4H3,(H,83,84)(H,85,86)/b30-26-,36-33-/t71-,72+,73+/m0/s1. The van der Waals surface area contributed by atoms with Gasteiger partial charge in [0, 0.05) is 25.7 Å². The molecule has 3 N–H and O–H groups in total. The van der Waals surface area contributed by atoms with Crippen molar-refractivity contribution in [1.82, 2.24) is 0 Å². The Balaban J connectivity index is 5.28. The van der Waals surface area contributed by atoms with Gasteiger partial charge in [0.1, 0.15) is 19.3 Å². The quantitative estimate of drug-likeness (QED) is 0.0169. The molecule has 5 atom stereocenters. The largest absolute Gasteiger partial charge is 0.472 e. The monoisotopic (exact) mass is 1410 g/mol. The number of aliphatic hydroxyl groups is 1. The van der Waals surface area contributed by atoms with Crippen LogP contribution in [0.1, 0.15) is 387 Å². The number of phosphoric acid groups is 2. The fourth-order valence-corrected chi connectivity index (χ4v) is 13.0. The molecule has 2 unspecified atom stereocenters. The van der Waals surface area contributed by atoms with Crippen LogP contribution in [0.3, 0.4) is 0 Å². The molecule has 0 aliphatic carbocycles. The van der Waals surface area contributed by atoms with Gasteiger partial charge in [0.2, 0.25) is 0 Å². The molecule has 0 heterocycles. The van der Waals surface area contributed by atoms with E-state index in [0.717, 1.165) is 109 Å². The molecular weight excluding hydrogens is 1260 g/mol. The second kappa shape index (κ2) is 71.0. The highest BCUT2D eigenvalue weighted by Crippen LogP contribution is 2.45. The van der Waals surface area contributed by atoms with Crippen LogP contribution in [0.25, 0.3) is 0 Å². The van der Waals surface area contributed by atoms with Crippen LogP contribution in [0, 0.1) is 0 Å². The van der Waals surface area contributed by atoms with Crippen LogP contribution in [0.15, 0.2) is 24.3 Å². The number of allylic oxidation sites excluding steroid dienone is 4. The van der Waals surface area contributed by atoms with Crippen molar-refractivity contribution in [2.45, 2.75) is 406 Å². The lowest BCUT2D eigenvalue weighted by Crippen LogP contribution is -2.30. The first-order chi connectivity index (χ1) is 46.7. The van der Waals surface area contributed by atoms with E-state index in [9.17, 15) is 43.2 Å². The molecule has 0 aromatic heterocycles. The fourth-order valence-electron chi connectivity index (χ4n) is 11.4. The minimum atomic E-state index is -4.96. The Hall–Kier alpha value is -2.46. The van der Waals surface area contributed by atoms with Gasteiger partial charge in [0.25, 0.3) is 0 Å². The van der Waals surface area contributed by atoms with Crippen LogP contribution in [-0.4, -0.2) is 96.7 Å². The third-order valence-electron chi connectivity index (χ3n) is 17.5. The molecule has 19 heteroatoms. The first-order valence-corrected chi connectivity index (χ1v) is 42.6. The van der Waals surface area contributed by atoms with E-state index >= 15 is 0 Å². The molecule has 17 nitrogen and oxygen atoms in total. The van der Waals surface area contributed by atoms with E-state index in [1.165, 1.54) is 199 Å². The van der Waals surface area contributed by atoms with Crippen LogP contribution in [0.4, 0.5) is 0 Å². The van der Waals surface area contributed by atoms with Gasteiger partial charge in [-0.2, -0.15) is 0 Å². The topological polar surface area (TPSA) is 237 Å². The molecule has 0 spiro atoms. The second-order valence-corrected chi connectivity index (χ2v) is 30.0. The van der Waals surface area contributed by atoms with Gasteiger partial charge >= 0.3 is 39.5 Å². The third-order valence-corrected chi connectivity index (χ3v) is 19.4. The number of aliphatic hydroxyl groups excluding tert-OH is 1. The van der Waals surface area contributed by atoms with E-state index in [4.69, 9.17) is 37.0 Å². The summed E-state index contributed by atoms with van der Waals surface area (Å²) >= 11 is 0.